The Hall–Kier alpha value is -1.94. The predicted octanol–water partition coefficient (Wildman–Crippen LogP) is 0.659. The van der Waals surface area contributed by atoms with E-state index >= 15 is 0 Å². The molecule has 7 nitrogen and oxygen atoms in total. The molecule has 0 aromatic heterocycles. The summed E-state index contributed by atoms with van der Waals surface area (Å²) in [6.07, 6.45) is 7.63. The van der Waals surface area contributed by atoms with Crippen molar-refractivity contribution in [2.45, 2.75) is 31.3 Å². The third kappa shape index (κ3) is 4.28. The Balaban J connectivity index is 1.69. The van der Waals surface area contributed by atoms with Crippen LogP contribution in [0, 0.1) is 12.3 Å². The summed E-state index contributed by atoms with van der Waals surface area (Å²) in [6, 6.07) is 0. The minimum Gasteiger partial charge on any atom is -0.375 e. The maximum absolute atomic E-state index is 12.2. The van der Waals surface area contributed by atoms with E-state index in [1.165, 1.54) is 7.11 Å². The van der Waals surface area contributed by atoms with E-state index in [-0.39, 0.29) is 18.4 Å². The summed E-state index contributed by atoms with van der Waals surface area (Å²) in [6.45, 7) is 2.35. The Morgan fingerprint density at radius 2 is 1.73 bits per heavy atom. The van der Waals surface area contributed by atoms with Gasteiger partial charge >= 0.3 is 0 Å². The van der Waals surface area contributed by atoms with Crippen LogP contribution in [0.1, 0.15) is 25.7 Å². The highest BCUT2D eigenvalue weighted by atomic mass is 16.5. The van der Waals surface area contributed by atoms with Crippen molar-refractivity contribution in [1.82, 2.24) is 9.80 Å². The first-order chi connectivity index (χ1) is 10.6. The lowest BCUT2D eigenvalue weighted by molar-refractivity contribution is -0.141. The van der Waals surface area contributed by atoms with Crippen LogP contribution in [0.25, 0.3) is 0 Å². The van der Waals surface area contributed by atoms with Gasteiger partial charge in [-0.2, -0.15) is 10.2 Å². The second-order valence-electron chi connectivity index (χ2n) is 5.58. The number of hydrogen-bond donors (Lipinski definition) is 0. The van der Waals surface area contributed by atoms with Crippen LogP contribution in [0.15, 0.2) is 10.2 Å². The molecule has 120 valence electrons. The van der Waals surface area contributed by atoms with E-state index in [0.29, 0.717) is 45.4 Å². The number of carbonyl (C=O) groups excluding carboxylic acids is 2. The molecule has 0 bridgehead atoms. The molecule has 2 rings (SSSR count). The fraction of sp³-hybridized carbons (Fsp3) is 0.733. The number of carbonyl (C=O) groups is 2. The molecule has 1 saturated heterocycles. The van der Waals surface area contributed by atoms with E-state index in [1.807, 2.05) is 0 Å². The maximum atomic E-state index is 12.2. The lowest BCUT2D eigenvalue weighted by Gasteiger charge is -2.34. The van der Waals surface area contributed by atoms with Gasteiger partial charge < -0.3 is 14.5 Å². The minimum absolute atomic E-state index is 0.0292. The number of terminal acetylenes is 1. The topological polar surface area (TPSA) is 74.6 Å². The molecule has 0 spiro atoms. The highest BCUT2D eigenvalue weighted by Gasteiger charge is 2.39. The van der Waals surface area contributed by atoms with Gasteiger partial charge in [-0.25, -0.2) is 0 Å². The first kappa shape index (κ1) is 16.4. The molecule has 2 aliphatic rings. The van der Waals surface area contributed by atoms with Gasteiger partial charge in [0.25, 0.3) is 0 Å². The number of nitrogens with zero attached hydrogens (tertiary/aromatic N) is 4. The van der Waals surface area contributed by atoms with Crippen LogP contribution < -0.4 is 0 Å². The Morgan fingerprint density at radius 1 is 1.14 bits per heavy atom. The molecule has 2 heterocycles. The molecule has 2 amide bonds. The molecule has 0 aromatic rings. The average molecular weight is 306 g/mol. The summed E-state index contributed by atoms with van der Waals surface area (Å²) in [5, 5.41) is 8.07. The van der Waals surface area contributed by atoms with E-state index in [1.54, 1.807) is 9.80 Å². The molecule has 2 aliphatic heterocycles. The smallest absolute Gasteiger partial charge is 0.248 e. The van der Waals surface area contributed by atoms with Gasteiger partial charge in [-0.05, 0) is 0 Å². The molecule has 0 N–H and O–H groups in total. The zero-order chi connectivity index (χ0) is 16.0. The van der Waals surface area contributed by atoms with Crippen molar-refractivity contribution >= 4 is 11.8 Å². The third-order valence-corrected chi connectivity index (χ3v) is 4.04. The second-order valence-corrected chi connectivity index (χ2v) is 5.58. The largest absolute Gasteiger partial charge is 0.375 e. The average Bonchev–Trinajstić information content (AvgIpc) is 3.31. The second kappa shape index (κ2) is 7.36. The van der Waals surface area contributed by atoms with E-state index in [2.05, 4.69) is 16.1 Å². The third-order valence-electron chi connectivity index (χ3n) is 4.04. The number of hydrogen-bond acceptors (Lipinski definition) is 5. The summed E-state index contributed by atoms with van der Waals surface area (Å²) < 4.78 is 4.84. The van der Waals surface area contributed by atoms with Crippen LogP contribution in [0.5, 0.6) is 0 Å². The molecule has 22 heavy (non-hydrogen) atoms. The van der Waals surface area contributed by atoms with Crippen molar-refractivity contribution in [3.8, 4) is 12.3 Å². The van der Waals surface area contributed by atoms with Crippen LogP contribution in [0.4, 0.5) is 0 Å². The molecule has 0 aliphatic carbocycles. The zero-order valence-corrected chi connectivity index (χ0v) is 13.0. The fourth-order valence-electron chi connectivity index (χ4n) is 2.55. The number of ether oxygens (including phenoxy) is 1. The lowest BCUT2D eigenvalue weighted by Crippen LogP contribution is -2.51. The lowest BCUT2D eigenvalue weighted by atomic mass is 10.0. The highest BCUT2D eigenvalue weighted by molar-refractivity contribution is 5.79. The van der Waals surface area contributed by atoms with Gasteiger partial charge in [0.1, 0.15) is 6.61 Å². The van der Waals surface area contributed by atoms with Gasteiger partial charge in [-0.1, -0.05) is 0 Å². The Labute approximate surface area is 130 Å². The standard InChI is InChI=1S/C15H22N4O3/c1-3-4-6-15(16-17-15)7-5-13(20)18-8-10-19(11-9-18)14(21)12-22-2/h1H,4-12H2,2H3. The van der Waals surface area contributed by atoms with E-state index in [4.69, 9.17) is 11.2 Å². The summed E-state index contributed by atoms with van der Waals surface area (Å²) in [4.78, 5) is 27.4. The number of rotatable bonds is 7. The van der Waals surface area contributed by atoms with Crippen molar-refractivity contribution in [1.29, 1.82) is 0 Å². The normalized spacial score (nSPS) is 18.9. The van der Waals surface area contributed by atoms with Crippen LogP contribution in [0.3, 0.4) is 0 Å². The molecule has 7 heteroatoms. The van der Waals surface area contributed by atoms with E-state index < -0.39 is 5.66 Å². The Morgan fingerprint density at radius 3 is 2.23 bits per heavy atom. The molecule has 0 unspecified atom stereocenters. The summed E-state index contributed by atoms with van der Waals surface area (Å²) >= 11 is 0. The van der Waals surface area contributed by atoms with Gasteiger partial charge in [-0.15, -0.1) is 12.3 Å². The van der Waals surface area contributed by atoms with Crippen LogP contribution in [-0.2, 0) is 14.3 Å². The van der Waals surface area contributed by atoms with E-state index in [0.717, 1.165) is 6.42 Å². The molecular formula is C15H22N4O3. The molecule has 0 atom stereocenters. The molecule has 0 saturated carbocycles. The summed E-state index contributed by atoms with van der Waals surface area (Å²) in [5.74, 6) is 2.64. The fourth-order valence-corrected chi connectivity index (χ4v) is 2.55. The SMILES string of the molecule is C#CCCC1(CCC(=O)N2CCN(C(=O)COC)CC2)N=N1. The molecule has 0 radical (unpaired) electrons. The molecule has 1 fully saturated rings. The predicted molar refractivity (Wildman–Crippen MR) is 79.9 cm³/mol. The van der Waals surface area contributed by atoms with Crippen LogP contribution in [0.2, 0.25) is 0 Å². The van der Waals surface area contributed by atoms with Crippen molar-refractivity contribution in [3.63, 3.8) is 0 Å². The quantitative estimate of drug-likeness (QED) is 0.648. The summed E-state index contributed by atoms with van der Waals surface area (Å²) in [7, 11) is 1.50. The minimum atomic E-state index is -0.404. The van der Waals surface area contributed by atoms with Crippen LogP contribution >= 0.6 is 0 Å². The molecule has 0 aromatic carbocycles. The number of methoxy groups -OCH3 is 1. The number of piperazine rings is 1. The van der Waals surface area contributed by atoms with Gasteiger partial charge in [-0.3, -0.25) is 9.59 Å². The Kier molecular flexibility index (Phi) is 5.50. The van der Waals surface area contributed by atoms with Crippen molar-refractivity contribution in [3.05, 3.63) is 0 Å². The highest BCUT2D eigenvalue weighted by Crippen LogP contribution is 2.37. The van der Waals surface area contributed by atoms with Crippen LogP contribution in [-0.4, -0.2) is 67.2 Å². The van der Waals surface area contributed by atoms with Gasteiger partial charge in [0, 0.05) is 59.0 Å². The van der Waals surface area contributed by atoms with Gasteiger partial charge in [0.15, 0.2) is 5.66 Å². The van der Waals surface area contributed by atoms with Crippen molar-refractivity contribution < 1.29 is 14.3 Å². The summed E-state index contributed by atoms with van der Waals surface area (Å²) in [5.41, 5.74) is -0.404. The molecular weight excluding hydrogens is 284 g/mol. The first-order valence-corrected chi connectivity index (χ1v) is 7.52. The van der Waals surface area contributed by atoms with Gasteiger partial charge in [0.05, 0.1) is 0 Å². The van der Waals surface area contributed by atoms with Crippen molar-refractivity contribution in [2.24, 2.45) is 10.2 Å². The van der Waals surface area contributed by atoms with E-state index in [9.17, 15) is 9.59 Å². The zero-order valence-electron chi connectivity index (χ0n) is 13.0. The monoisotopic (exact) mass is 306 g/mol. The number of amides is 2. The first-order valence-electron chi connectivity index (χ1n) is 7.52. The maximum Gasteiger partial charge on any atom is 0.248 e. The van der Waals surface area contributed by atoms with Gasteiger partial charge in [0.2, 0.25) is 11.8 Å². The van der Waals surface area contributed by atoms with Crippen molar-refractivity contribution in [2.75, 3.05) is 39.9 Å². The Bertz CT molecular complexity index is 484.